The molecule has 1 saturated heterocycles. The van der Waals surface area contributed by atoms with Crippen molar-refractivity contribution in [3.05, 3.63) is 29.6 Å². The molecule has 0 amide bonds. The van der Waals surface area contributed by atoms with Crippen LogP contribution < -0.4 is 5.32 Å². The Labute approximate surface area is 119 Å². The van der Waals surface area contributed by atoms with E-state index in [9.17, 15) is 9.50 Å². The molecule has 104 valence electrons. The molecule has 18 heavy (non-hydrogen) atoms. The predicted octanol–water partition coefficient (Wildman–Crippen LogP) is 2.34. The number of nitrogens with zero attached hydrogens (tertiary/aromatic N) is 1. The topological polar surface area (TPSA) is 35.5 Å². The first-order valence-corrected chi connectivity index (χ1v) is 5.62. The molecule has 0 aromatic heterocycles. The highest BCUT2D eigenvalue weighted by molar-refractivity contribution is 5.85. The van der Waals surface area contributed by atoms with E-state index in [0.29, 0.717) is 5.56 Å². The van der Waals surface area contributed by atoms with Crippen molar-refractivity contribution in [2.45, 2.75) is 13.0 Å². The van der Waals surface area contributed by atoms with Crippen LogP contribution in [-0.2, 0) is 0 Å². The van der Waals surface area contributed by atoms with Crippen LogP contribution in [0.1, 0.15) is 18.5 Å². The SMILES string of the molecule is C[C@@H](c1cccc(F)c1O)N1CCNCC1.Cl.Cl. The number of hydrogen-bond acceptors (Lipinski definition) is 3. The van der Waals surface area contributed by atoms with Crippen LogP contribution in [0.15, 0.2) is 18.2 Å². The second-order valence-corrected chi connectivity index (χ2v) is 4.14. The van der Waals surface area contributed by atoms with Gasteiger partial charge in [-0.05, 0) is 13.0 Å². The number of halogens is 3. The number of rotatable bonds is 2. The Morgan fingerprint density at radius 2 is 1.89 bits per heavy atom. The third-order valence-corrected chi connectivity index (χ3v) is 3.17. The van der Waals surface area contributed by atoms with Gasteiger partial charge in [0.1, 0.15) is 0 Å². The summed E-state index contributed by atoms with van der Waals surface area (Å²) < 4.78 is 13.2. The molecule has 1 atom stereocenters. The molecule has 0 spiro atoms. The van der Waals surface area contributed by atoms with Crippen molar-refractivity contribution in [2.75, 3.05) is 26.2 Å². The Morgan fingerprint density at radius 3 is 2.50 bits per heavy atom. The summed E-state index contributed by atoms with van der Waals surface area (Å²) in [5.74, 6) is -0.756. The van der Waals surface area contributed by atoms with E-state index in [2.05, 4.69) is 10.2 Å². The highest BCUT2D eigenvalue weighted by atomic mass is 35.5. The normalized spacial score (nSPS) is 17.4. The van der Waals surface area contributed by atoms with Crippen molar-refractivity contribution in [1.29, 1.82) is 0 Å². The van der Waals surface area contributed by atoms with Gasteiger partial charge in [0.25, 0.3) is 0 Å². The van der Waals surface area contributed by atoms with Crippen LogP contribution in [0.3, 0.4) is 0 Å². The standard InChI is InChI=1S/C12H17FN2O.2ClH/c1-9(15-7-5-14-6-8-15)10-3-2-4-11(13)12(10)16;;/h2-4,9,14,16H,5-8H2,1H3;2*1H/t9-;;/m0../s1. The highest BCUT2D eigenvalue weighted by Gasteiger charge is 2.21. The third-order valence-electron chi connectivity index (χ3n) is 3.17. The van der Waals surface area contributed by atoms with Gasteiger partial charge in [-0.2, -0.15) is 0 Å². The molecule has 1 heterocycles. The van der Waals surface area contributed by atoms with Crippen molar-refractivity contribution in [3.8, 4) is 5.75 Å². The van der Waals surface area contributed by atoms with E-state index >= 15 is 0 Å². The summed E-state index contributed by atoms with van der Waals surface area (Å²) in [5, 5.41) is 13.0. The number of piperazine rings is 1. The minimum Gasteiger partial charge on any atom is -0.505 e. The smallest absolute Gasteiger partial charge is 0.165 e. The summed E-state index contributed by atoms with van der Waals surface area (Å²) >= 11 is 0. The van der Waals surface area contributed by atoms with Gasteiger partial charge in [0.15, 0.2) is 11.6 Å². The average molecular weight is 297 g/mol. The van der Waals surface area contributed by atoms with Crippen LogP contribution in [-0.4, -0.2) is 36.2 Å². The van der Waals surface area contributed by atoms with Crippen LogP contribution in [0.2, 0.25) is 0 Å². The zero-order valence-corrected chi connectivity index (χ0v) is 11.9. The lowest BCUT2D eigenvalue weighted by Crippen LogP contribution is -2.44. The van der Waals surface area contributed by atoms with Gasteiger partial charge in [-0.3, -0.25) is 4.90 Å². The van der Waals surface area contributed by atoms with E-state index < -0.39 is 5.82 Å². The first-order chi connectivity index (χ1) is 7.70. The van der Waals surface area contributed by atoms with E-state index in [4.69, 9.17) is 0 Å². The fourth-order valence-corrected chi connectivity index (χ4v) is 2.14. The Kier molecular flexibility index (Phi) is 7.55. The summed E-state index contributed by atoms with van der Waals surface area (Å²) in [6.07, 6.45) is 0. The van der Waals surface area contributed by atoms with Gasteiger partial charge in [0.05, 0.1) is 0 Å². The van der Waals surface area contributed by atoms with Gasteiger partial charge in [-0.25, -0.2) is 4.39 Å². The Bertz CT molecular complexity index is 373. The summed E-state index contributed by atoms with van der Waals surface area (Å²) in [7, 11) is 0. The van der Waals surface area contributed by atoms with E-state index in [0.717, 1.165) is 26.2 Å². The maximum Gasteiger partial charge on any atom is 0.165 e. The van der Waals surface area contributed by atoms with Crippen LogP contribution in [0.4, 0.5) is 4.39 Å². The fourth-order valence-electron chi connectivity index (χ4n) is 2.14. The third kappa shape index (κ3) is 3.72. The molecule has 2 N–H and O–H groups in total. The van der Waals surface area contributed by atoms with Crippen LogP contribution >= 0.6 is 24.8 Å². The zero-order chi connectivity index (χ0) is 11.5. The lowest BCUT2D eigenvalue weighted by molar-refractivity contribution is 0.182. The van der Waals surface area contributed by atoms with Gasteiger partial charge in [-0.1, -0.05) is 12.1 Å². The molecule has 6 heteroatoms. The molecule has 3 nitrogen and oxygen atoms in total. The molecule has 1 aliphatic heterocycles. The molecule has 1 aromatic rings. The molecule has 1 aliphatic rings. The molecule has 2 rings (SSSR count). The Hall–Kier alpha value is -0.550. The molecule has 0 bridgehead atoms. The molecule has 0 radical (unpaired) electrons. The van der Waals surface area contributed by atoms with Crippen LogP contribution in [0.25, 0.3) is 0 Å². The number of aromatic hydroxyl groups is 1. The van der Waals surface area contributed by atoms with E-state index in [1.807, 2.05) is 6.92 Å². The van der Waals surface area contributed by atoms with Crippen molar-refractivity contribution >= 4 is 24.8 Å². The summed E-state index contributed by atoms with van der Waals surface area (Å²) in [6.45, 7) is 5.74. The molecule has 1 fully saturated rings. The minimum atomic E-state index is -0.542. The second-order valence-electron chi connectivity index (χ2n) is 4.14. The zero-order valence-electron chi connectivity index (χ0n) is 10.2. The number of nitrogens with one attached hydrogen (secondary N) is 1. The predicted molar refractivity (Wildman–Crippen MR) is 75.4 cm³/mol. The minimum absolute atomic E-state index is 0. The van der Waals surface area contributed by atoms with Gasteiger partial charge in [0.2, 0.25) is 0 Å². The van der Waals surface area contributed by atoms with Gasteiger partial charge < -0.3 is 10.4 Å². The number of para-hydroxylation sites is 1. The van der Waals surface area contributed by atoms with Crippen molar-refractivity contribution < 1.29 is 9.50 Å². The highest BCUT2D eigenvalue weighted by Crippen LogP contribution is 2.30. The van der Waals surface area contributed by atoms with Gasteiger partial charge in [0, 0.05) is 37.8 Å². The van der Waals surface area contributed by atoms with Crippen molar-refractivity contribution in [2.24, 2.45) is 0 Å². The fraction of sp³-hybridized carbons (Fsp3) is 0.500. The van der Waals surface area contributed by atoms with Crippen LogP contribution in [0.5, 0.6) is 5.75 Å². The lowest BCUT2D eigenvalue weighted by atomic mass is 10.0. The molecule has 0 unspecified atom stereocenters. The van der Waals surface area contributed by atoms with E-state index in [1.165, 1.54) is 6.07 Å². The molecule has 0 saturated carbocycles. The largest absolute Gasteiger partial charge is 0.505 e. The van der Waals surface area contributed by atoms with Crippen molar-refractivity contribution in [3.63, 3.8) is 0 Å². The van der Waals surface area contributed by atoms with Gasteiger partial charge >= 0.3 is 0 Å². The first-order valence-electron chi connectivity index (χ1n) is 5.62. The summed E-state index contributed by atoms with van der Waals surface area (Å²) in [5.41, 5.74) is 0.668. The summed E-state index contributed by atoms with van der Waals surface area (Å²) in [6, 6.07) is 4.76. The number of benzene rings is 1. The molecule has 1 aromatic carbocycles. The molecule has 0 aliphatic carbocycles. The maximum absolute atomic E-state index is 13.2. The average Bonchev–Trinajstić information content (AvgIpc) is 2.33. The Balaban J connectivity index is 0.00000144. The van der Waals surface area contributed by atoms with E-state index in [-0.39, 0.29) is 36.6 Å². The summed E-state index contributed by atoms with van der Waals surface area (Å²) in [4.78, 5) is 2.24. The van der Waals surface area contributed by atoms with Gasteiger partial charge in [-0.15, -0.1) is 24.8 Å². The number of phenolic OH excluding ortho intramolecular Hbond substituents is 1. The van der Waals surface area contributed by atoms with E-state index in [1.54, 1.807) is 12.1 Å². The quantitative estimate of drug-likeness (QED) is 0.879. The van der Waals surface area contributed by atoms with Crippen molar-refractivity contribution in [1.82, 2.24) is 10.2 Å². The second kappa shape index (κ2) is 7.79. The van der Waals surface area contributed by atoms with Crippen LogP contribution in [0, 0.1) is 5.82 Å². The molecular weight excluding hydrogens is 278 g/mol. The Morgan fingerprint density at radius 1 is 1.28 bits per heavy atom. The first kappa shape index (κ1) is 17.4. The number of hydrogen-bond donors (Lipinski definition) is 2. The monoisotopic (exact) mass is 296 g/mol. The maximum atomic E-state index is 13.2. The lowest BCUT2D eigenvalue weighted by Gasteiger charge is -2.33. The number of phenols is 1. The molecular formula is C12H19Cl2FN2O.